The summed E-state index contributed by atoms with van der Waals surface area (Å²) < 4.78 is 22.6. The van der Waals surface area contributed by atoms with Crippen LogP contribution >= 0.6 is 0 Å². The van der Waals surface area contributed by atoms with Crippen LogP contribution in [0, 0.1) is 0 Å². The second-order valence-electron chi connectivity index (χ2n) is 7.55. The molecule has 9 heteroatoms. The number of carbonyl (C=O) groups is 2. The van der Waals surface area contributed by atoms with Crippen LogP contribution in [0.4, 0.5) is 0 Å². The number of pyridine rings is 1. The highest BCUT2D eigenvalue weighted by Crippen LogP contribution is 2.28. The molecule has 2 N–H and O–H groups in total. The highest BCUT2D eigenvalue weighted by molar-refractivity contribution is 5.97. The van der Waals surface area contributed by atoms with Crippen molar-refractivity contribution in [2.75, 3.05) is 20.3 Å². The van der Waals surface area contributed by atoms with E-state index in [-0.39, 0.29) is 29.4 Å². The van der Waals surface area contributed by atoms with E-state index < -0.39 is 24.0 Å². The van der Waals surface area contributed by atoms with Crippen LogP contribution < -0.4 is 10.1 Å². The van der Waals surface area contributed by atoms with Crippen molar-refractivity contribution in [1.29, 1.82) is 0 Å². The SMILES string of the molecule is CCCOC1CCCC(NC(=O)c2nccc(OC)c2O)C(=O)OC(C)C1OCCC. The maximum Gasteiger partial charge on any atom is 0.329 e. The van der Waals surface area contributed by atoms with Crippen molar-refractivity contribution < 1.29 is 33.6 Å². The maximum atomic E-state index is 12.8. The summed E-state index contributed by atoms with van der Waals surface area (Å²) in [7, 11) is 1.38. The summed E-state index contributed by atoms with van der Waals surface area (Å²) in [6.45, 7) is 6.97. The van der Waals surface area contributed by atoms with Gasteiger partial charge in [0.15, 0.2) is 17.2 Å². The zero-order valence-electron chi connectivity index (χ0n) is 18.8. The molecule has 1 amide bonds. The molecule has 2 heterocycles. The second-order valence-corrected chi connectivity index (χ2v) is 7.55. The van der Waals surface area contributed by atoms with Crippen LogP contribution in [0.15, 0.2) is 12.3 Å². The minimum Gasteiger partial charge on any atom is -0.503 e. The highest BCUT2D eigenvalue weighted by Gasteiger charge is 2.35. The first kappa shape index (κ1) is 24.9. The van der Waals surface area contributed by atoms with Crippen molar-refractivity contribution in [3.05, 3.63) is 18.0 Å². The molecule has 0 spiro atoms. The Balaban J connectivity index is 2.15. The normalized spacial score (nSPS) is 24.5. The monoisotopic (exact) mass is 438 g/mol. The van der Waals surface area contributed by atoms with Crippen LogP contribution in [0.25, 0.3) is 0 Å². The smallest absolute Gasteiger partial charge is 0.329 e. The number of methoxy groups -OCH3 is 1. The van der Waals surface area contributed by atoms with Gasteiger partial charge in [-0.15, -0.1) is 0 Å². The van der Waals surface area contributed by atoms with E-state index in [9.17, 15) is 14.7 Å². The third-order valence-corrected chi connectivity index (χ3v) is 5.08. The minimum atomic E-state index is -0.876. The fourth-order valence-corrected chi connectivity index (χ4v) is 3.51. The number of aromatic hydroxyl groups is 1. The maximum absolute atomic E-state index is 12.8. The molecule has 0 bridgehead atoms. The molecule has 4 unspecified atom stereocenters. The van der Waals surface area contributed by atoms with Crippen LogP contribution in [-0.2, 0) is 19.0 Å². The van der Waals surface area contributed by atoms with E-state index in [1.54, 1.807) is 6.92 Å². The van der Waals surface area contributed by atoms with Gasteiger partial charge in [0.05, 0.1) is 13.2 Å². The Morgan fingerprint density at radius 1 is 1.26 bits per heavy atom. The first-order valence-electron chi connectivity index (χ1n) is 10.9. The van der Waals surface area contributed by atoms with Crippen LogP contribution in [0.2, 0.25) is 0 Å². The molecule has 31 heavy (non-hydrogen) atoms. The van der Waals surface area contributed by atoms with Gasteiger partial charge < -0.3 is 29.4 Å². The topological polar surface area (TPSA) is 116 Å². The Hall–Kier alpha value is -2.39. The van der Waals surface area contributed by atoms with Crippen LogP contribution in [0.1, 0.15) is 63.4 Å². The van der Waals surface area contributed by atoms with Gasteiger partial charge in [-0.05, 0) is 39.0 Å². The zero-order valence-corrected chi connectivity index (χ0v) is 18.8. The number of esters is 1. The van der Waals surface area contributed by atoms with Crippen LogP contribution in [-0.4, -0.2) is 66.6 Å². The summed E-state index contributed by atoms with van der Waals surface area (Å²) in [4.78, 5) is 29.4. The van der Waals surface area contributed by atoms with Crippen molar-refractivity contribution in [3.63, 3.8) is 0 Å². The fourth-order valence-electron chi connectivity index (χ4n) is 3.51. The molecular weight excluding hydrogens is 404 g/mol. The molecule has 1 fully saturated rings. The van der Waals surface area contributed by atoms with Crippen molar-refractivity contribution >= 4 is 11.9 Å². The number of cyclic esters (lactones) is 1. The molecule has 0 radical (unpaired) electrons. The van der Waals surface area contributed by atoms with Gasteiger partial charge in [0, 0.05) is 25.5 Å². The number of amides is 1. The summed E-state index contributed by atoms with van der Waals surface area (Å²) >= 11 is 0. The van der Waals surface area contributed by atoms with E-state index in [0.717, 1.165) is 12.8 Å². The molecule has 174 valence electrons. The number of aromatic nitrogens is 1. The summed E-state index contributed by atoms with van der Waals surface area (Å²) in [5.74, 6) is -1.49. The molecule has 1 aliphatic rings. The Kier molecular flexibility index (Phi) is 10.00. The van der Waals surface area contributed by atoms with Gasteiger partial charge in [0.1, 0.15) is 18.2 Å². The molecular formula is C22H34N2O7. The van der Waals surface area contributed by atoms with Gasteiger partial charge in [-0.25, -0.2) is 9.78 Å². The van der Waals surface area contributed by atoms with E-state index >= 15 is 0 Å². The average molecular weight is 439 g/mol. The zero-order chi connectivity index (χ0) is 22.8. The van der Waals surface area contributed by atoms with Gasteiger partial charge in [-0.1, -0.05) is 13.8 Å². The molecule has 1 aromatic heterocycles. The average Bonchev–Trinajstić information content (AvgIpc) is 2.80. The summed E-state index contributed by atoms with van der Waals surface area (Å²) in [5, 5.41) is 12.8. The number of hydrogen-bond acceptors (Lipinski definition) is 8. The standard InChI is InChI=1S/C22H34N2O7/c1-5-12-29-17-9-7-8-15(22(27)31-14(3)20(17)30-13-6-2)24-21(26)18-19(25)16(28-4)10-11-23-18/h10-11,14-15,17,20,25H,5-9,12-13H2,1-4H3,(H,24,26). The van der Waals surface area contributed by atoms with E-state index in [0.29, 0.717) is 32.5 Å². The lowest BCUT2D eigenvalue weighted by Crippen LogP contribution is -2.45. The Bertz CT molecular complexity index is 728. The van der Waals surface area contributed by atoms with Gasteiger partial charge >= 0.3 is 5.97 Å². The van der Waals surface area contributed by atoms with Crippen molar-refractivity contribution in [2.45, 2.75) is 77.2 Å². The fraction of sp³-hybridized carbons (Fsp3) is 0.682. The molecule has 0 saturated carbocycles. The summed E-state index contributed by atoms with van der Waals surface area (Å²) in [6, 6.07) is 0.564. The second kappa shape index (κ2) is 12.5. The number of nitrogens with zero attached hydrogens (tertiary/aromatic N) is 1. The first-order valence-corrected chi connectivity index (χ1v) is 10.9. The molecule has 9 nitrogen and oxygen atoms in total. The Morgan fingerprint density at radius 2 is 1.97 bits per heavy atom. The summed E-state index contributed by atoms with van der Waals surface area (Å²) in [6.07, 6.45) is 3.61. The number of carbonyl (C=O) groups excluding carboxylic acids is 2. The lowest BCUT2D eigenvalue weighted by atomic mass is 10.0. The lowest BCUT2D eigenvalue weighted by molar-refractivity contribution is -0.167. The third-order valence-electron chi connectivity index (χ3n) is 5.08. The van der Waals surface area contributed by atoms with Gasteiger partial charge in [0.25, 0.3) is 5.91 Å². The minimum absolute atomic E-state index is 0.123. The van der Waals surface area contributed by atoms with Gasteiger partial charge in [-0.2, -0.15) is 0 Å². The molecule has 0 aromatic carbocycles. The highest BCUT2D eigenvalue weighted by atomic mass is 16.6. The number of nitrogens with one attached hydrogen (secondary N) is 1. The van der Waals surface area contributed by atoms with E-state index in [2.05, 4.69) is 10.3 Å². The molecule has 0 aliphatic carbocycles. The van der Waals surface area contributed by atoms with Crippen molar-refractivity contribution in [1.82, 2.24) is 10.3 Å². The van der Waals surface area contributed by atoms with E-state index in [4.69, 9.17) is 18.9 Å². The van der Waals surface area contributed by atoms with Crippen LogP contribution in [0.3, 0.4) is 0 Å². The van der Waals surface area contributed by atoms with E-state index in [1.165, 1.54) is 19.4 Å². The predicted molar refractivity (Wildman–Crippen MR) is 113 cm³/mol. The molecule has 2 rings (SSSR count). The number of hydrogen-bond donors (Lipinski definition) is 2. The number of rotatable bonds is 9. The quantitative estimate of drug-likeness (QED) is 0.565. The lowest BCUT2D eigenvalue weighted by Gasteiger charge is -2.31. The van der Waals surface area contributed by atoms with Crippen LogP contribution in [0.5, 0.6) is 11.5 Å². The Morgan fingerprint density at radius 3 is 2.65 bits per heavy atom. The molecule has 1 aliphatic heterocycles. The predicted octanol–water partition coefficient (Wildman–Crippen LogP) is 2.60. The molecule has 1 aromatic rings. The Labute approximate surface area is 183 Å². The van der Waals surface area contributed by atoms with Crippen molar-refractivity contribution in [2.24, 2.45) is 0 Å². The third kappa shape index (κ3) is 6.80. The van der Waals surface area contributed by atoms with E-state index in [1.807, 2.05) is 13.8 Å². The van der Waals surface area contributed by atoms with Gasteiger partial charge in [-0.3, -0.25) is 4.79 Å². The first-order chi connectivity index (χ1) is 14.9. The van der Waals surface area contributed by atoms with Crippen molar-refractivity contribution in [3.8, 4) is 11.5 Å². The van der Waals surface area contributed by atoms with Gasteiger partial charge in [0.2, 0.25) is 0 Å². The molecule has 1 saturated heterocycles. The molecule has 4 atom stereocenters. The largest absolute Gasteiger partial charge is 0.503 e. The summed E-state index contributed by atoms with van der Waals surface area (Å²) in [5.41, 5.74) is -0.214. The number of ether oxygens (including phenoxy) is 4.